The van der Waals surface area contributed by atoms with Crippen molar-refractivity contribution in [3.05, 3.63) is 35.9 Å². The molecule has 2 heterocycles. The van der Waals surface area contributed by atoms with Crippen LogP contribution in [0.4, 0.5) is 4.79 Å². The average molecular weight is 350 g/mol. The molecule has 3 rings (SSSR count). The molecule has 7 nitrogen and oxygen atoms in total. The van der Waals surface area contributed by atoms with Gasteiger partial charge >= 0.3 is 12.1 Å². The van der Waals surface area contributed by atoms with Crippen molar-refractivity contribution in [3.8, 4) is 0 Å². The van der Waals surface area contributed by atoms with Crippen LogP contribution in [0, 0.1) is 0 Å². The highest BCUT2D eigenvalue weighted by molar-refractivity contribution is 5.77. The number of carboxylic acid groups (broad SMARTS) is 1. The lowest BCUT2D eigenvalue weighted by Crippen LogP contribution is -2.58. The van der Waals surface area contributed by atoms with Gasteiger partial charge in [-0.15, -0.1) is 0 Å². The Morgan fingerprint density at radius 2 is 1.84 bits per heavy atom. The Morgan fingerprint density at radius 1 is 1.24 bits per heavy atom. The molecule has 0 aromatic heterocycles. The molecule has 0 aliphatic carbocycles. The number of hydrogen-bond acceptors (Lipinski definition) is 5. The van der Waals surface area contributed by atoms with E-state index < -0.39 is 28.4 Å². The van der Waals surface area contributed by atoms with Crippen molar-refractivity contribution in [1.82, 2.24) is 0 Å². The number of esters is 1. The fourth-order valence-corrected chi connectivity index (χ4v) is 3.91. The second kappa shape index (κ2) is 6.40. The van der Waals surface area contributed by atoms with Crippen molar-refractivity contribution in [3.63, 3.8) is 0 Å². The van der Waals surface area contributed by atoms with E-state index in [1.165, 1.54) is 7.11 Å². The van der Waals surface area contributed by atoms with Crippen LogP contribution in [0.5, 0.6) is 0 Å². The van der Waals surface area contributed by atoms with Gasteiger partial charge in [0.15, 0.2) is 0 Å². The van der Waals surface area contributed by atoms with Gasteiger partial charge < -0.3 is 19.3 Å². The van der Waals surface area contributed by atoms with Crippen molar-refractivity contribution in [2.75, 3.05) is 13.7 Å². The van der Waals surface area contributed by atoms with Crippen LogP contribution >= 0.6 is 0 Å². The highest BCUT2D eigenvalue weighted by Crippen LogP contribution is 2.44. The summed E-state index contributed by atoms with van der Waals surface area (Å²) in [5.74, 6) is -1.64. The number of benzene rings is 1. The lowest BCUT2D eigenvalue weighted by Gasteiger charge is -2.33. The molecule has 136 valence electrons. The number of hydrogen-bond donors (Lipinski definition) is 1. The van der Waals surface area contributed by atoms with Crippen LogP contribution in [0.2, 0.25) is 0 Å². The van der Waals surface area contributed by atoms with E-state index in [1.807, 2.05) is 44.2 Å². The maximum absolute atomic E-state index is 12.4. The first-order valence-corrected chi connectivity index (χ1v) is 8.39. The number of amides is 1. The van der Waals surface area contributed by atoms with E-state index >= 15 is 0 Å². The first kappa shape index (κ1) is 17.8. The summed E-state index contributed by atoms with van der Waals surface area (Å²) in [7, 11) is 1.27. The molecule has 1 amide bonds. The SMILES string of the molecule is COC(=O)[C@@H]1CC2(C[N+]1(Cc1ccccc1)C(=O)O)O[C@@H](C)[C@H](C)O2. The van der Waals surface area contributed by atoms with Gasteiger partial charge in [-0.05, 0) is 13.8 Å². The third-order valence-electron chi connectivity index (χ3n) is 5.25. The number of likely N-dealkylation sites (tertiary alicyclic amines) is 1. The summed E-state index contributed by atoms with van der Waals surface area (Å²) in [5.41, 5.74) is 0.829. The molecule has 1 aromatic rings. The average Bonchev–Trinajstić information content (AvgIpc) is 3.04. The van der Waals surface area contributed by atoms with Crippen LogP contribution in [0.3, 0.4) is 0 Å². The maximum Gasteiger partial charge on any atom is 0.514 e. The first-order valence-electron chi connectivity index (χ1n) is 8.39. The minimum Gasteiger partial charge on any atom is -0.465 e. The molecule has 7 heteroatoms. The third kappa shape index (κ3) is 3.03. The summed E-state index contributed by atoms with van der Waals surface area (Å²) in [6.45, 7) is 3.99. The van der Waals surface area contributed by atoms with E-state index in [4.69, 9.17) is 14.2 Å². The third-order valence-corrected chi connectivity index (χ3v) is 5.25. The smallest absolute Gasteiger partial charge is 0.465 e. The number of rotatable bonds is 3. The molecular formula is C18H24NO6+. The van der Waals surface area contributed by atoms with Crippen LogP contribution in [0.15, 0.2) is 30.3 Å². The molecule has 2 aliphatic rings. The van der Waals surface area contributed by atoms with Gasteiger partial charge in [0.05, 0.1) is 25.7 Å². The van der Waals surface area contributed by atoms with E-state index in [-0.39, 0.29) is 31.7 Å². The van der Waals surface area contributed by atoms with Crippen molar-refractivity contribution in [1.29, 1.82) is 0 Å². The number of ether oxygens (including phenoxy) is 3. The van der Waals surface area contributed by atoms with Gasteiger partial charge in [0, 0.05) is 5.56 Å². The molecule has 2 saturated heterocycles. The molecule has 0 bridgehead atoms. The molecule has 1 spiro atoms. The van der Waals surface area contributed by atoms with Gasteiger partial charge in [-0.25, -0.2) is 9.28 Å². The molecule has 4 atom stereocenters. The molecular weight excluding hydrogens is 326 g/mol. The first-order chi connectivity index (χ1) is 11.8. The monoisotopic (exact) mass is 350 g/mol. The van der Waals surface area contributed by atoms with Crippen LogP contribution in [0.1, 0.15) is 25.8 Å². The normalized spacial score (nSPS) is 33.5. The minimum atomic E-state index is -1.09. The van der Waals surface area contributed by atoms with Gasteiger partial charge in [0.2, 0.25) is 11.8 Å². The van der Waals surface area contributed by atoms with Crippen molar-refractivity contribution >= 4 is 12.1 Å². The summed E-state index contributed by atoms with van der Waals surface area (Å²) in [6.07, 6.45) is -1.25. The highest BCUT2D eigenvalue weighted by Gasteiger charge is 2.67. The Morgan fingerprint density at radius 3 is 2.36 bits per heavy atom. The van der Waals surface area contributed by atoms with Gasteiger partial charge in [-0.3, -0.25) is 0 Å². The summed E-state index contributed by atoms with van der Waals surface area (Å²) in [4.78, 5) is 24.7. The standard InChI is InChI=1S/C18H23NO6/c1-12-13(2)25-18(24-12)9-15(16(20)23-3)19(11-18,17(21)22)10-14-7-5-4-6-8-14/h4-8,12-13,15H,9-11H2,1-3H3/p+1/t12-,13-,15-,19?/m0/s1. The van der Waals surface area contributed by atoms with Crippen molar-refractivity contribution in [2.24, 2.45) is 0 Å². The highest BCUT2D eigenvalue weighted by atomic mass is 16.8. The summed E-state index contributed by atoms with van der Waals surface area (Å²) in [5, 5.41) is 10.1. The van der Waals surface area contributed by atoms with Crippen molar-refractivity contribution < 1.29 is 33.4 Å². The second-order valence-corrected chi connectivity index (χ2v) is 6.92. The van der Waals surface area contributed by atoms with Crippen LogP contribution in [-0.2, 0) is 25.5 Å². The minimum absolute atomic E-state index is 0.0612. The zero-order chi connectivity index (χ0) is 18.2. The summed E-state index contributed by atoms with van der Waals surface area (Å²) in [6, 6.07) is 8.37. The number of quaternary nitrogens is 1. The molecule has 0 saturated carbocycles. The molecule has 0 radical (unpaired) electrons. The van der Waals surface area contributed by atoms with Gasteiger partial charge in [0.25, 0.3) is 0 Å². The van der Waals surface area contributed by atoms with Gasteiger partial charge in [-0.1, -0.05) is 30.3 Å². The Hall–Kier alpha value is -1.96. The number of carbonyl (C=O) groups is 2. The van der Waals surface area contributed by atoms with E-state index in [0.717, 1.165) is 5.56 Å². The molecule has 2 fully saturated rings. The zero-order valence-electron chi connectivity index (χ0n) is 14.7. The molecule has 1 N–H and O–H groups in total. The predicted octanol–water partition coefficient (Wildman–Crippen LogP) is 2.15. The van der Waals surface area contributed by atoms with Gasteiger partial charge in [-0.2, -0.15) is 4.79 Å². The Labute approximate surface area is 146 Å². The fourth-order valence-electron chi connectivity index (χ4n) is 3.91. The topological polar surface area (TPSA) is 82.1 Å². The van der Waals surface area contributed by atoms with Gasteiger partial charge in [0.1, 0.15) is 13.1 Å². The quantitative estimate of drug-likeness (QED) is 0.664. The van der Waals surface area contributed by atoms with E-state index in [1.54, 1.807) is 0 Å². The zero-order valence-corrected chi connectivity index (χ0v) is 14.7. The summed E-state index contributed by atoms with van der Waals surface area (Å²) < 4.78 is 16.4. The maximum atomic E-state index is 12.4. The lowest BCUT2D eigenvalue weighted by molar-refractivity contribution is -0.878. The van der Waals surface area contributed by atoms with Crippen molar-refractivity contribution in [2.45, 2.75) is 50.8 Å². The fraction of sp³-hybridized carbons (Fsp3) is 0.556. The molecule has 2 aliphatic heterocycles. The Balaban J connectivity index is 2.01. The molecule has 1 unspecified atom stereocenters. The lowest BCUT2D eigenvalue weighted by atomic mass is 10.1. The largest absolute Gasteiger partial charge is 0.514 e. The Kier molecular flexibility index (Phi) is 4.57. The van der Waals surface area contributed by atoms with Crippen LogP contribution < -0.4 is 0 Å². The summed E-state index contributed by atoms with van der Waals surface area (Å²) >= 11 is 0. The molecule has 1 aromatic carbocycles. The molecule has 25 heavy (non-hydrogen) atoms. The van der Waals surface area contributed by atoms with Crippen LogP contribution in [-0.4, -0.2) is 59.3 Å². The predicted molar refractivity (Wildman–Crippen MR) is 87.5 cm³/mol. The second-order valence-electron chi connectivity index (χ2n) is 6.92. The van der Waals surface area contributed by atoms with E-state index in [2.05, 4.69) is 0 Å². The number of nitrogens with zero attached hydrogens (tertiary/aromatic N) is 1. The van der Waals surface area contributed by atoms with E-state index in [9.17, 15) is 14.7 Å². The Bertz CT molecular complexity index is 653. The number of methoxy groups -OCH3 is 1. The number of carbonyl (C=O) groups excluding carboxylic acids is 1. The van der Waals surface area contributed by atoms with E-state index in [0.29, 0.717) is 0 Å². The van der Waals surface area contributed by atoms with Crippen LogP contribution in [0.25, 0.3) is 0 Å².